The van der Waals surface area contributed by atoms with Gasteiger partial charge in [0.05, 0.1) is 0 Å². The van der Waals surface area contributed by atoms with Crippen molar-refractivity contribution in [3.8, 4) is 5.75 Å². The highest BCUT2D eigenvalue weighted by Gasteiger charge is 2.21. The molecule has 0 amide bonds. The average molecular weight is 429 g/mol. The van der Waals surface area contributed by atoms with Crippen molar-refractivity contribution in [3.05, 3.63) is 29.6 Å². The van der Waals surface area contributed by atoms with Gasteiger partial charge in [-0.15, -0.1) is 24.0 Å². The number of ether oxygens (including phenoxy) is 1. The lowest BCUT2D eigenvalue weighted by molar-refractivity contribution is -0.0506. The van der Waals surface area contributed by atoms with Gasteiger partial charge in [-0.1, -0.05) is 6.07 Å². The lowest BCUT2D eigenvalue weighted by Crippen LogP contribution is -2.38. The third-order valence-corrected chi connectivity index (χ3v) is 3.20. The molecule has 2 N–H and O–H groups in total. The van der Waals surface area contributed by atoms with E-state index < -0.39 is 12.4 Å². The van der Waals surface area contributed by atoms with Gasteiger partial charge in [-0.3, -0.25) is 4.99 Å². The number of nitrogens with zero attached hydrogens (tertiary/aromatic N) is 1. The maximum Gasteiger partial charge on any atom is 0.387 e. The van der Waals surface area contributed by atoms with E-state index in [0.29, 0.717) is 11.9 Å². The van der Waals surface area contributed by atoms with Crippen LogP contribution in [0.4, 0.5) is 13.2 Å². The molecule has 1 aliphatic carbocycles. The Hall–Kier alpha value is -1.19. The van der Waals surface area contributed by atoms with E-state index in [4.69, 9.17) is 0 Å². The summed E-state index contributed by atoms with van der Waals surface area (Å²) in [5.41, 5.74) is 0.0483. The zero-order chi connectivity index (χ0) is 15.2. The van der Waals surface area contributed by atoms with Crippen LogP contribution in [0.5, 0.6) is 5.75 Å². The molecule has 0 aromatic heterocycles. The molecule has 0 aliphatic heterocycles. The van der Waals surface area contributed by atoms with Gasteiger partial charge >= 0.3 is 6.61 Å². The van der Waals surface area contributed by atoms with E-state index in [1.807, 2.05) is 0 Å². The van der Waals surface area contributed by atoms with Crippen LogP contribution in [0.1, 0.15) is 18.4 Å². The minimum atomic E-state index is -2.99. The molecule has 1 fully saturated rings. The van der Waals surface area contributed by atoms with Crippen LogP contribution < -0.4 is 15.4 Å². The van der Waals surface area contributed by atoms with Crippen LogP contribution in [0, 0.1) is 11.7 Å². The molecule has 22 heavy (non-hydrogen) atoms. The Morgan fingerprint density at radius 1 is 1.36 bits per heavy atom. The number of halogens is 4. The summed E-state index contributed by atoms with van der Waals surface area (Å²) in [5, 5.41) is 6.01. The molecule has 1 aliphatic rings. The number of aliphatic imine (C=N–C) groups is 1. The summed E-state index contributed by atoms with van der Waals surface area (Å²) in [7, 11) is 1.60. The summed E-state index contributed by atoms with van der Waals surface area (Å²) in [5.74, 6) is 0.399. The summed E-state index contributed by atoms with van der Waals surface area (Å²) < 4.78 is 42.7. The zero-order valence-electron chi connectivity index (χ0n) is 12.1. The molecule has 1 saturated carbocycles. The highest BCUT2D eigenvalue weighted by atomic mass is 127. The molecule has 0 spiro atoms. The molecule has 0 radical (unpaired) electrons. The second-order valence-corrected chi connectivity index (χ2v) is 4.85. The van der Waals surface area contributed by atoms with Crippen LogP contribution in [-0.4, -0.2) is 26.2 Å². The molecular weight excluding hydrogens is 410 g/mol. The minimum Gasteiger partial charge on any atom is -0.434 e. The molecule has 1 aromatic carbocycles. The van der Waals surface area contributed by atoms with Gasteiger partial charge in [0.2, 0.25) is 0 Å². The molecule has 4 nitrogen and oxygen atoms in total. The second-order valence-electron chi connectivity index (χ2n) is 4.85. The third-order valence-electron chi connectivity index (χ3n) is 3.20. The highest BCUT2D eigenvalue weighted by molar-refractivity contribution is 14.0. The van der Waals surface area contributed by atoms with E-state index >= 15 is 0 Å². The van der Waals surface area contributed by atoms with Crippen molar-refractivity contribution < 1.29 is 17.9 Å². The van der Waals surface area contributed by atoms with E-state index in [2.05, 4.69) is 20.4 Å². The first-order valence-electron chi connectivity index (χ1n) is 6.77. The Bertz CT molecular complexity index is 510. The largest absolute Gasteiger partial charge is 0.434 e. The lowest BCUT2D eigenvalue weighted by Gasteiger charge is -2.15. The van der Waals surface area contributed by atoms with E-state index in [9.17, 15) is 13.2 Å². The second kappa shape index (κ2) is 9.06. The molecule has 0 unspecified atom stereocenters. The standard InChI is InChI=1S/C14H18F3N3O.HI/c1-18-14(19-7-9-5-6-9)20-8-10-11(15)3-2-4-12(10)21-13(16)17;/h2-4,9,13H,5-8H2,1H3,(H2,18,19,20);1H. The van der Waals surface area contributed by atoms with Crippen molar-refractivity contribution in [2.24, 2.45) is 10.9 Å². The fraction of sp³-hybridized carbons (Fsp3) is 0.500. The first kappa shape index (κ1) is 18.9. The van der Waals surface area contributed by atoms with Crippen LogP contribution in [-0.2, 0) is 6.54 Å². The minimum absolute atomic E-state index is 0. The molecule has 1 aromatic rings. The number of rotatable bonds is 6. The topological polar surface area (TPSA) is 45.7 Å². The molecule has 0 saturated heterocycles. The highest BCUT2D eigenvalue weighted by Crippen LogP contribution is 2.27. The maximum atomic E-state index is 13.8. The first-order valence-corrected chi connectivity index (χ1v) is 6.77. The fourth-order valence-electron chi connectivity index (χ4n) is 1.87. The number of hydrogen-bond donors (Lipinski definition) is 2. The van der Waals surface area contributed by atoms with Crippen molar-refractivity contribution >= 4 is 29.9 Å². The van der Waals surface area contributed by atoms with Crippen LogP contribution in [0.2, 0.25) is 0 Å². The third kappa shape index (κ3) is 5.90. The van der Waals surface area contributed by atoms with Crippen molar-refractivity contribution in [1.29, 1.82) is 0 Å². The van der Waals surface area contributed by atoms with E-state index in [-0.39, 0.29) is 41.8 Å². The normalized spacial score (nSPS) is 14.5. The van der Waals surface area contributed by atoms with Gasteiger partial charge in [0.1, 0.15) is 11.6 Å². The zero-order valence-corrected chi connectivity index (χ0v) is 14.4. The van der Waals surface area contributed by atoms with Crippen molar-refractivity contribution in [3.63, 3.8) is 0 Å². The summed E-state index contributed by atoms with van der Waals surface area (Å²) in [6.07, 6.45) is 2.40. The number of nitrogens with one attached hydrogen (secondary N) is 2. The fourth-order valence-corrected chi connectivity index (χ4v) is 1.87. The Labute approximate surface area is 144 Å². The maximum absolute atomic E-state index is 13.8. The van der Waals surface area contributed by atoms with E-state index in [0.717, 1.165) is 6.54 Å². The SMILES string of the molecule is CN=C(NCc1c(F)cccc1OC(F)F)NCC1CC1.I. The Kier molecular flexibility index (Phi) is 7.77. The van der Waals surface area contributed by atoms with Gasteiger partial charge in [0.15, 0.2) is 5.96 Å². The van der Waals surface area contributed by atoms with Gasteiger partial charge in [-0.25, -0.2) is 4.39 Å². The first-order chi connectivity index (χ1) is 10.1. The van der Waals surface area contributed by atoms with Crippen LogP contribution in [0.25, 0.3) is 0 Å². The molecule has 0 bridgehead atoms. The van der Waals surface area contributed by atoms with Crippen molar-refractivity contribution in [2.45, 2.75) is 26.0 Å². The van der Waals surface area contributed by atoms with Gasteiger partial charge in [0.25, 0.3) is 0 Å². The number of hydrogen-bond acceptors (Lipinski definition) is 2. The van der Waals surface area contributed by atoms with E-state index in [1.165, 1.54) is 31.0 Å². The van der Waals surface area contributed by atoms with Crippen LogP contribution >= 0.6 is 24.0 Å². The Balaban J connectivity index is 0.00000242. The van der Waals surface area contributed by atoms with Crippen molar-refractivity contribution in [1.82, 2.24) is 10.6 Å². The van der Waals surface area contributed by atoms with Gasteiger partial charge in [-0.05, 0) is 30.9 Å². The summed E-state index contributed by atoms with van der Waals surface area (Å²) in [4.78, 5) is 4.01. The summed E-state index contributed by atoms with van der Waals surface area (Å²) in [6.45, 7) is -2.17. The lowest BCUT2D eigenvalue weighted by atomic mass is 10.2. The van der Waals surface area contributed by atoms with Gasteiger partial charge in [-0.2, -0.15) is 8.78 Å². The number of benzene rings is 1. The average Bonchev–Trinajstić information content (AvgIpc) is 3.25. The number of alkyl halides is 2. The Morgan fingerprint density at radius 2 is 2.09 bits per heavy atom. The molecule has 0 atom stereocenters. The monoisotopic (exact) mass is 429 g/mol. The molecule has 124 valence electrons. The van der Waals surface area contributed by atoms with Crippen LogP contribution in [0.3, 0.4) is 0 Å². The predicted octanol–water partition coefficient (Wildman–Crippen LogP) is 3.12. The molecule has 2 rings (SSSR count). The smallest absolute Gasteiger partial charge is 0.387 e. The van der Waals surface area contributed by atoms with Gasteiger partial charge in [0, 0.05) is 25.7 Å². The van der Waals surface area contributed by atoms with Gasteiger partial charge < -0.3 is 15.4 Å². The van der Waals surface area contributed by atoms with E-state index in [1.54, 1.807) is 7.05 Å². The number of guanidine groups is 1. The molecular formula is C14H19F3IN3O. The summed E-state index contributed by atoms with van der Waals surface area (Å²) >= 11 is 0. The summed E-state index contributed by atoms with van der Waals surface area (Å²) in [6, 6.07) is 3.85. The quantitative estimate of drug-likeness (QED) is 0.415. The molecule has 0 heterocycles. The van der Waals surface area contributed by atoms with Crippen molar-refractivity contribution in [2.75, 3.05) is 13.6 Å². The Morgan fingerprint density at radius 3 is 2.68 bits per heavy atom. The predicted molar refractivity (Wildman–Crippen MR) is 89.4 cm³/mol. The molecule has 8 heteroatoms. The van der Waals surface area contributed by atoms with Crippen LogP contribution in [0.15, 0.2) is 23.2 Å².